The Balaban J connectivity index is 2.21. The third kappa shape index (κ3) is 1.32. The van der Waals surface area contributed by atoms with Crippen LogP contribution in [-0.4, -0.2) is 6.54 Å². The highest BCUT2D eigenvalue weighted by Crippen LogP contribution is 2.64. The molecule has 0 amide bonds. The van der Waals surface area contributed by atoms with Gasteiger partial charge in [0, 0.05) is 15.7 Å². The van der Waals surface area contributed by atoms with Crippen LogP contribution in [0.1, 0.15) is 29.5 Å². The third-order valence-electron chi connectivity index (χ3n) is 3.37. The summed E-state index contributed by atoms with van der Waals surface area (Å²) < 4.78 is 0. The van der Waals surface area contributed by atoms with Crippen LogP contribution in [0.3, 0.4) is 0 Å². The molecule has 0 radical (unpaired) electrons. The van der Waals surface area contributed by atoms with Crippen LogP contribution in [0.2, 0.25) is 0 Å². The molecule has 2 atom stereocenters. The summed E-state index contributed by atoms with van der Waals surface area (Å²) in [5, 5.41) is 0. The van der Waals surface area contributed by atoms with Gasteiger partial charge >= 0.3 is 0 Å². The van der Waals surface area contributed by atoms with E-state index in [-0.39, 0.29) is 0 Å². The SMILES string of the molecule is Cc1ccc(C2C(CN)C2(C)C)s1. The van der Waals surface area contributed by atoms with Gasteiger partial charge in [-0.3, -0.25) is 0 Å². The molecule has 0 aliphatic heterocycles. The minimum absolute atomic E-state index is 0.437. The Morgan fingerprint density at radius 1 is 1.46 bits per heavy atom. The number of thiophene rings is 1. The van der Waals surface area contributed by atoms with Crippen molar-refractivity contribution in [2.24, 2.45) is 17.1 Å². The average Bonchev–Trinajstić information content (AvgIpc) is 2.41. The van der Waals surface area contributed by atoms with Crippen LogP contribution >= 0.6 is 11.3 Å². The fourth-order valence-electron chi connectivity index (χ4n) is 2.37. The van der Waals surface area contributed by atoms with Crippen LogP contribution in [-0.2, 0) is 0 Å². The second kappa shape index (κ2) is 2.82. The Bertz CT molecular complexity index is 314. The summed E-state index contributed by atoms with van der Waals surface area (Å²) in [7, 11) is 0. The Hall–Kier alpha value is -0.340. The Morgan fingerprint density at radius 2 is 2.15 bits per heavy atom. The van der Waals surface area contributed by atoms with E-state index in [4.69, 9.17) is 5.73 Å². The zero-order valence-corrected chi connectivity index (χ0v) is 9.32. The second-order valence-corrected chi connectivity index (χ2v) is 5.91. The predicted octanol–water partition coefficient (Wildman–Crippen LogP) is 2.75. The van der Waals surface area contributed by atoms with Crippen molar-refractivity contribution in [1.82, 2.24) is 0 Å². The molecule has 0 spiro atoms. The van der Waals surface area contributed by atoms with Gasteiger partial charge in [0.2, 0.25) is 0 Å². The molecule has 1 nitrogen and oxygen atoms in total. The lowest BCUT2D eigenvalue weighted by Gasteiger charge is -1.98. The summed E-state index contributed by atoms with van der Waals surface area (Å²) in [6.07, 6.45) is 0. The van der Waals surface area contributed by atoms with Gasteiger partial charge in [0.15, 0.2) is 0 Å². The van der Waals surface area contributed by atoms with E-state index in [1.54, 1.807) is 0 Å². The number of hydrogen-bond donors (Lipinski definition) is 1. The van der Waals surface area contributed by atoms with Crippen LogP contribution in [0.5, 0.6) is 0 Å². The van der Waals surface area contributed by atoms with Gasteiger partial charge in [0.1, 0.15) is 0 Å². The number of rotatable bonds is 2. The first-order valence-electron chi connectivity index (χ1n) is 4.83. The van der Waals surface area contributed by atoms with Gasteiger partial charge in [-0.25, -0.2) is 0 Å². The van der Waals surface area contributed by atoms with E-state index in [0.29, 0.717) is 11.3 Å². The summed E-state index contributed by atoms with van der Waals surface area (Å²) in [6.45, 7) is 7.64. The van der Waals surface area contributed by atoms with Gasteiger partial charge in [-0.15, -0.1) is 11.3 Å². The first kappa shape index (κ1) is 9.22. The Kier molecular flexibility index (Phi) is 2.00. The summed E-state index contributed by atoms with van der Waals surface area (Å²) >= 11 is 1.92. The Morgan fingerprint density at radius 3 is 2.54 bits per heavy atom. The normalized spacial score (nSPS) is 30.5. The highest BCUT2D eigenvalue weighted by Gasteiger charge is 2.57. The summed E-state index contributed by atoms with van der Waals surface area (Å²) in [5.41, 5.74) is 6.19. The van der Waals surface area contributed by atoms with Crippen molar-refractivity contribution in [3.8, 4) is 0 Å². The van der Waals surface area contributed by atoms with Crippen molar-refractivity contribution >= 4 is 11.3 Å². The van der Waals surface area contributed by atoms with E-state index in [2.05, 4.69) is 32.9 Å². The van der Waals surface area contributed by atoms with Crippen molar-refractivity contribution < 1.29 is 0 Å². The summed E-state index contributed by atoms with van der Waals surface area (Å²) in [5.74, 6) is 1.42. The molecule has 1 heterocycles. The minimum atomic E-state index is 0.437. The van der Waals surface area contributed by atoms with Crippen LogP contribution in [0.25, 0.3) is 0 Å². The van der Waals surface area contributed by atoms with Crippen LogP contribution < -0.4 is 5.73 Å². The van der Waals surface area contributed by atoms with E-state index in [0.717, 1.165) is 12.5 Å². The van der Waals surface area contributed by atoms with Crippen molar-refractivity contribution in [1.29, 1.82) is 0 Å². The van der Waals surface area contributed by atoms with E-state index < -0.39 is 0 Å². The summed E-state index contributed by atoms with van der Waals surface area (Å²) in [4.78, 5) is 2.94. The van der Waals surface area contributed by atoms with Gasteiger partial charge in [-0.1, -0.05) is 13.8 Å². The molecule has 1 aliphatic rings. The zero-order chi connectivity index (χ0) is 9.64. The molecule has 1 saturated carbocycles. The monoisotopic (exact) mass is 195 g/mol. The van der Waals surface area contributed by atoms with Crippen molar-refractivity contribution in [2.45, 2.75) is 26.7 Å². The number of hydrogen-bond acceptors (Lipinski definition) is 2. The standard InChI is InChI=1S/C11H17NS/c1-7-4-5-9(13-7)10-8(6-12)11(10,2)3/h4-5,8,10H,6,12H2,1-3H3. The maximum Gasteiger partial charge on any atom is 0.00879 e. The van der Waals surface area contributed by atoms with E-state index in [9.17, 15) is 0 Å². The lowest BCUT2D eigenvalue weighted by atomic mass is 10.1. The minimum Gasteiger partial charge on any atom is -0.330 e. The number of nitrogens with two attached hydrogens (primary N) is 1. The molecule has 2 rings (SSSR count). The summed E-state index contributed by atoms with van der Waals surface area (Å²) in [6, 6.07) is 4.48. The highest BCUT2D eigenvalue weighted by atomic mass is 32.1. The lowest BCUT2D eigenvalue weighted by molar-refractivity contribution is 0.559. The van der Waals surface area contributed by atoms with Crippen molar-refractivity contribution in [3.63, 3.8) is 0 Å². The quantitative estimate of drug-likeness (QED) is 0.771. The molecule has 1 aromatic rings. The average molecular weight is 195 g/mol. The lowest BCUT2D eigenvalue weighted by Crippen LogP contribution is -2.05. The molecular formula is C11H17NS. The molecule has 2 unspecified atom stereocenters. The van der Waals surface area contributed by atoms with E-state index >= 15 is 0 Å². The Labute approximate surface area is 84.0 Å². The first-order valence-corrected chi connectivity index (χ1v) is 5.65. The molecule has 2 N–H and O–H groups in total. The van der Waals surface area contributed by atoms with Crippen LogP contribution in [0.15, 0.2) is 12.1 Å². The molecule has 0 aromatic carbocycles. The van der Waals surface area contributed by atoms with Crippen LogP contribution in [0.4, 0.5) is 0 Å². The maximum atomic E-state index is 5.75. The van der Waals surface area contributed by atoms with Gasteiger partial charge in [0.05, 0.1) is 0 Å². The molecule has 1 aliphatic carbocycles. The highest BCUT2D eigenvalue weighted by molar-refractivity contribution is 7.12. The molecular weight excluding hydrogens is 178 g/mol. The maximum absolute atomic E-state index is 5.75. The topological polar surface area (TPSA) is 26.0 Å². The fraction of sp³-hybridized carbons (Fsp3) is 0.636. The molecule has 2 heteroatoms. The molecule has 0 saturated heterocycles. The number of aryl methyl sites for hydroxylation is 1. The van der Waals surface area contributed by atoms with Gasteiger partial charge in [-0.2, -0.15) is 0 Å². The molecule has 13 heavy (non-hydrogen) atoms. The predicted molar refractivity (Wildman–Crippen MR) is 58.1 cm³/mol. The third-order valence-corrected chi connectivity index (χ3v) is 4.46. The van der Waals surface area contributed by atoms with Gasteiger partial charge < -0.3 is 5.73 Å². The first-order chi connectivity index (χ1) is 6.07. The molecule has 1 aromatic heterocycles. The second-order valence-electron chi connectivity index (χ2n) is 4.59. The smallest absolute Gasteiger partial charge is 0.00879 e. The van der Waals surface area contributed by atoms with Crippen molar-refractivity contribution in [2.75, 3.05) is 6.54 Å². The van der Waals surface area contributed by atoms with E-state index in [1.165, 1.54) is 9.75 Å². The van der Waals surface area contributed by atoms with Gasteiger partial charge in [0.25, 0.3) is 0 Å². The van der Waals surface area contributed by atoms with Crippen LogP contribution in [0, 0.1) is 18.3 Å². The molecule has 0 bridgehead atoms. The van der Waals surface area contributed by atoms with E-state index in [1.807, 2.05) is 11.3 Å². The fourth-order valence-corrected chi connectivity index (χ4v) is 3.61. The van der Waals surface area contributed by atoms with Crippen molar-refractivity contribution in [3.05, 3.63) is 21.9 Å². The largest absolute Gasteiger partial charge is 0.330 e. The molecule has 1 fully saturated rings. The zero-order valence-electron chi connectivity index (χ0n) is 8.50. The van der Waals surface area contributed by atoms with Gasteiger partial charge in [-0.05, 0) is 36.9 Å². The molecule has 72 valence electrons.